The van der Waals surface area contributed by atoms with Gasteiger partial charge in [-0.3, -0.25) is 14.4 Å². The summed E-state index contributed by atoms with van der Waals surface area (Å²) in [5.41, 5.74) is 6.11. The number of anilines is 2. The number of aryl methyl sites for hydroxylation is 1. The fraction of sp³-hybridized carbons (Fsp3) is 0.471. The first-order valence-electron chi connectivity index (χ1n) is 15.9. The first-order valence-corrected chi connectivity index (χ1v) is 15.9. The Bertz CT molecular complexity index is 1860. The normalized spacial score (nSPS) is 22.4. The highest BCUT2D eigenvalue weighted by Gasteiger charge is 2.47. The van der Waals surface area contributed by atoms with Crippen molar-refractivity contribution in [3.8, 4) is 17.9 Å². The number of rotatable bonds is 6. The summed E-state index contributed by atoms with van der Waals surface area (Å²) in [6, 6.07) is 2.71. The Hall–Kier alpha value is -4.48. The molecule has 4 aliphatic rings. The van der Waals surface area contributed by atoms with Crippen LogP contribution in [0.25, 0.3) is 0 Å². The van der Waals surface area contributed by atoms with Crippen LogP contribution < -0.4 is 15.4 Å². The van der Waals surface area contributed by atoms with Crippen LogP contribution in [0.3, 0.4) is 0 Å². The van der Waals surface area contributed by atoms with Gasteiger partial charge in [-0.2, -0.15) is 28.2 Å². The molecular formula is C34H35F4N7O3. The number of benzene rings is 1. The molecule has 0 aliphatic carbocycles. The molecule has 2 fully saturated rings. The molecule has 10 nitrogen and oxygen atoms in total. The van der Waals surface area contributed by atoms with Crippen molar-refractivity contribution >= 4 is 17.8 Å². The number of fused-ring (bicyclic) bond motifs is 3. The lowest BCUT2D eigenvalue weighted by Gasteiger charge is -2.33. The molecule has 0 spiro atoms. The molecule has 2 atom stereocenters. The van der Waals surface area contributed by atoms with Crippen LogP contribution in [0.2, 0.25) is 0 Å². The minimum atomic E-state index is -4.93. The van der Waals surface area contributed by atoms with Crippen molar-refractivity contribution in [1.29, 1.82) is 0 Å². The number of hydrogen-bond acceptors (Lipinski definition) is 9. The van der Waals surface area contributed by atoms with E-state index in [1.165, 1.54) is 6.92 Å². The van der Waals surface area contributed by atoms with Crippen molar-refractivity contribution in [3.63, 3.8) is 0 Å². The van der Waals surface area contributed by atoms with Gasteiger partial charge in [-0.15, -0.1) is 5.92 Å². The second-order valence-corrected chi connectivity index (χ2v) is 12.9. The van der Waals surface area contributed by atoms with E-state index in [-0.39, 0.29) is 24.6 Å². The number of halogens is 4. The number of aromatic nitrogens is 4. The largest absolute Gasteiger partial charge is 0.461 e. The monoisotopic (exact) mass is 665 g/mol. The molecule has 2 aromatic heterocycles. The highest BCUT2D eigenvalue weighted by atomic mass is 19.4. The number of aldehydes is 1. The van der Waals surface area contributed by atoms with Crippen molar-refractivity contribution in [2.75, 3.05) is 36.9 Å². The summed E-state index contributed by atoms with van der Waals surface area (Å²) in [5, 5.41) is 4.36. The van der Waals surface area contributed by atoms with Crippen LogP contribution in [0.1, 0.15) is 82.8 Å². The van der Waals surface area contributed by atoms with E-state index >= 15 is 4.39 Å². The fourth-order valence-electron chi connectivity index (χ4n) is 7.65. The molecule has 6 heterocycles. The summed E-state index contributed by atoms with van der Waals surface area (Å²) in [7, 11) is 0. The summed E-state index contributed by atoms with van der Waals surface area (Å²) in [6.07, 6.45) is -2.30. The minimum Gasteiger partial charge on any atom is -0.461 e. The van der Waals surface area contributed by atoms with E-state index in [2.05, 4.69) is 28.4 Å². The molecule has 0 bridgehead atoms. The maximum Gasteiger partial charge on any atom is 0.418 e. The van der Waals surface area contributed by atoms with E-state index in [1.807, 2.05) is 4.90 Å². The maximum atomic E-state index is 15.6. The number of ether oxygens (including phenoxy) is 2. The number of carbonyl (C=O) groups is 1. The Balaban J connectivity index is 1.29. The number of nitrogens with two attached hydrogens (primary N) is 1. The molecular weight excluding hydrogens is 630 g/mol. The lowest BCUT2D eigenvalue weighted by atomic mass is 9.91. The van der Waals surface area contributed by atoms with Gasteiger partial charge in [0.2, 0.25) is 0 Å². The Labute approximate surface area is 274 Å². The molecule has 0 amide bonds. The van der Waals surface area contributed by atoms with Gasteiger partial charge in [-0.1, -0.05) is 18.1 Å². The topological polar surface area (TPSA) is 112 Å². The molecule has 252 valence electrons. The van der Waals surface area contributed by atoms with Gasteiger partial charge in [0.05, 0.1) is 47.4 Å². The van der Waals surface area contributed by atoms with E-state index in [4.69, 9.17) is 25.2 Å². The third kappa shape index (κ3) is 5.68. The molecule has 1 aromatic carbocycles. The summed E-state index contributed by atoms with van der Waals surface area (Å²) >= 11 is 0. The third-order valence-electron chi connectivity index (χ3n) is 9.71. The van der Waals surface area contributed by atoms with Crippen LogP contribution in [0.15, 0.2) is 24.3 Å². The van der Waals surface area contributed by atoms with Crippen molar-refractivity contribution < 1.29 is 31.8 Å². The van der Waals surface area contributed by atoms with Crippen LogP contribution in [0.4, 0.5) is 29.1 Å². The molecule has 14 heteroatoms. The summed E-state index contributed by atoms with van der Waals surface area (Å²) < 4.78 is 73.3. The first kappa shape index (κ1) is 32.1. The van der Waals surface area contributed by atoms with Gasteiger partial charge >= 0.3 is 12.2 Å². The second kappa shape index (κ2) is 12.2. The van der Waals surface area contributed by atoms with Crippen molar-refractivity contribution in [2.24, 2.45) is 0 Å². The van der Waals surface area contributed by atoms with Crippen LogP contribution in [-0.4, -0.2) is 62.7 Å². The van der Waals surface area contributed by atoms with Crippen molar-refractivity contribution in [3.05, 3.63) is 69.4 Å². The second-order valence-electron chi connectivity index (χ2n) is 12.9. The van der Waals surface area contributed by atoms with Crippen molar-refractivity contribution in [1.82, 2.24) is 24.6 Å². The standard InChI is InChI=1S/C34H35F4N7O3/c1-3-6-21-11-25(39)30(35)28(29(21)34(36,37)38)27-13-26-24(18-47-27)31(43-8-5-10-45-23(16-43)12-22(17-46)42-45)41-32(40-26)48-19-33-7-4-9-44(33)15-20(2)14-33/h11-12,17,27H,2,4-5,7-10,13-16,18-19,39H2,1H3/t27?,33-/m0/s1. The summed E-state index contributed by atoms with van der Waals surface area (Å²) in [4.78, 5) is 25.4. The highest BCUT2D eigenvalue weighted by Crippen LogP contribution is 2.45. The van der Waals surface area contributed by atoms with Crippen LogP contribution >= 0.6 is 0 Å². The SMILES string of the molecule is C=C1CN2CCC[C@@]2(COc2nc3c(c(N4CCCn5nc(C=O)cc5C4)n2)COC(c2c(F)c(N)cc(C#CC)c2C(F)(F)F)C3)C1. The van der Waals surface area contributed by atoms with Gasteiger partial charge in [0.1, 0.15) is 18.1 Å². The lowest BCUT2D eigenvalue weighted by Crippen LogP contribution is -2.43. The predicted octanol–water partition coefficient (Wildman–Crippen LogP) is 4.99. The Morgan fingerprint density at radius 2 is 2.04 bits per heavy atom. The molecule has 1 unspecified atom stereocenters. The average Bonchev–Trinajstić information content (AvgIpc) is 3.67. The summed E-state index contributed by atoms with van der Waals surface area (Å²) in [6.45, 7) is 9.01. The fourth-order valence-corrected chi connectivity index (χ4v) is 7.65. The molecule has 48 heavy (non-hydrogen) atoms. The van der Waals surface area contributed by atoms with Gasteiger partial charge in [0.15, 0.2) is 12.1 Å². The van der Waals surface area contributed by atoms with Crippen LogP contribution in [-0.2, 0) is 37.0 Å². The zero-order chi connectivity index (χ0) is 33.8. The highest BCUT2D eigenvalue weighted by molar-refractivity contribution is 5.71. The number of nitrogen functional groups attached to an aromatic ring is 1. The quantitative estimate of drug-likeness (QED) is 0.128. The van der Waals surface area contributed by atoms with E-state index in [0.29, 0.717) is 61.7 Å². The number of carbonyl (C=O) groups excluding carboxylic acids is 1. The smallest absolute Gasteiger partial charge is 0.418 e. The van der Waals surface area contributed by atoms with Crippen LogP contribution in [0.5, 0.6) is 6.01 Å². The van der Waals surface area contributed by atoms with Gasteiger partial charge in [0.25, 0.3) is 0 Å². The van der Waals surface area contributed by atoms with E-state index < -0.39 is 40.5 Å². The Morgan fingerprint density at radius 1 is 1.21 bits per heavy atom. The zero-order valence-electron chi connectivity index (χ0n) is 26.5. The Kier molecular flexibility index (Phi) is 8.15. The van der Waals surface area contributed by atoms with Crippen LogP contribution in [0, 0.1) is 17.7 Å². The minimum absolute atomic E-state index is 0.0797. The number of hydrogen-bond donors (Lipinski definition) is 1. The molecule has 3 aromatic rings. The average molecular weight is 666 g/mol. The Morgan fingerprint density at radius 3 is 2.81 bits per heavy atom. The maximum absolute atomic E-state index is 15.6. The van der Waals surface area contributed by atoms with Gasteiger partial charge < -0.3 is 20.1 Å². The van der Waals surface area contributed by atoms with Gasteiger partial charge in [-0.05, 0) is 51.3 Å². The summed E-state index contributed by atoms with van der Waals surface area (Å²) in [5.74, 6) is 4.21. The molecule has 0 radical (unpaired) electrons. The predicted molar refractivity (Wildman–Crippen MR) is 168 cm³/mol. The molecule has 7 rings (SSSR count). The lowest BCUT2D eigenvalue weighted by molar-refractivity contribution is -0.140. The van der Waals surface area contributed by atoms with Gasteiger partial charge in [-0.25, -0.2) is 4.39 Å². The third-order valence-corrected chi connectivity index (χ3v) is 9.71. The number of nitrogens with zero attached hydrogens (tertiary/aromatic N) is 6. The van der Waals surface area contributed by atoms with E-state index in [9.17, 15) is 18.0 Å². The molecule has 2 saturated heterocycles. The van der Waals surface area contributed by atoms with Gasteiger partial charge in [0, 0.05) is 42.7 Å². The first-order chi connectivity index (χ1) is 23.0. The molecule has 2 N–H and O–H groups in total. The van der Waals surface area contributed by atoms with Crippen molar-refractivity contribution in [2.45, 2.75) is 76.5 Å². The zero-order valence-corrected chi connectivity index (χ0v) is 26.5. The number of alkyl halides is 3. The van der Waals surface area contributed by atoms with E-state index in [1.54, 1.807) is 10.7 Å². The molecule has 0 saturated carbocycles. The molecule has 4 aliphatic heterocycles. The van der Waals surface area contributed by atoms with E-state index in [0.717, 1.165) is 49.7 Å².